The molecule has 0 atom stereocenters. The minimum atomic E-state index is -3.49. The Bertz CT molecular complexity index is 939. The first-order valence-electron chi connectivity index (χ1n) is 9.15. The van der Waals surface area contributed by atoms with Gasteiger partial charge >= 0.3 is 0 Å². The number of sulfonamides is 1. The van der Waals surface area contributed by atoms with Crippen LogP contribution in [-0.2, 0) is 14.8 Å². The number of piperidine rings is 1. The predicted molar refractivity (Wildman–Crippen MR) is 109 cm³/mol. The van der Waals surface area contributed by atoms with Gasteiger partial charge in [0.05, 0.1) is 4.90 Å². The van der Waals surface area contributed by atoms with Crippen molar-refractivity contribution in [1.82, 2.24) is 4.31 Å². The van der Waals surface area contributed by atoms with E-state index in [0.29, 0.717) is 35.1 Å². The average molecular weight is 423 g/mol. The van der Waals surface area contributed by atoms with E-state index in [-0.39, 0.29) is 17.4 Å². The Hall–Kier alpha value is -2.09. The lowest BCUT2D eigenvalue weighted by atomic mass is 10.2. The van der Waals surface area contributed by atoms with E-state index >= 15 is 0 Å². The molecule has 0 aliphatic carbocycles. The summed E-state index contributed by atoms with van der Waals surface area (Å²) in [5.74, 6) is 0.163. The molecular weight excluding hydrogens is 400 g/mol. The fraction of sp³-hybridized carbons (Fsp3) is 0.350. The molecule has 0 saturated carbocycles. The maximum atomic E-state index is 12.8. The van der Waals surface area contributed by atoms with Gasteiger partial charge in [0.1, 0.15) is 5.75 Å². The van der Waals surface area contributed by atoms with Gasteiger partial charge in [-0.1, -0.05) is 18.0 Å². The number of benzene rings is 2. The van der Waals surface area contributed by atoms with Crippen LogP contribution in [0.15, 0.2) is 47.4 Å². The molecule has 0 spiro atoms. The normalized spacial score (nSPS) is 15.2. The molecule has 6 nitrogen and oxygen atoms in total. The number of aryl methyl sites for hydroxylation is 1. The highest BCUT2D eigenvalue weighted by molar-refractivity contribution is 7.89. The van der Waals surface area contributed by atoms with E-state index in [1.54, 1.807) is 43.3 Å². The molecule has 150 valence electrons. The maximum absolute atomic E-state index is 12.8. The van der Waals surface area contributed by atoms with Gasteiger partial charge in [0.25, 0.3) is 5.91 Å². The molecule has 1 saturated heterocycles. The van der Waals surface area contributed by atoms with Crippen LogP contribution in [0.2, 0.25) is 5.02 Å². The molecule has 0 aromatic heterocycles. The second kappa shape index (κ2) is 8.94. The van der Waals surface area contributed by atoms with Crippen molar-refractivity contribution >= 4 is 33.2 Å². The molecule has 8 heteroatoms. The van der Waals surface area contributed by atoms with Gasteiger partial charge < -0.3 is 10.1 Å². The number of anilines is 1. The lowest BCUT2D eigenvalue weighted by molar-refractivity contribution is -0.118. The fourth-order valence-electron chi connectivity index (χ4n) is 3.07. The molecule has 0 bridgehead atoms. The second-order valence-corrected chi connectivity index (χ2v) is 9.11. The zero-order valence-corrected chi connectivity index (χ0v) is 17.2. The van der Waals surface area contributed by atoms with Crippen LogP contribution in [0.4, 0.5) is 5.69 Å². The fourth-order valence-corrected chi connectivity index (χ4v) is 4.80. The molecule has 2 aromatic carbocycles. The van der Waals surface area contributed by atoms with Crippen molar-refractivity contribution in [2.45, 2.75) is 31.1 Å². The van der Waals surface area contributed by atoms with Crippen molar-refractivity contribution < 1.29 is 17.9 Å². The van der Waals surface area contributed by atoms with E-state index in [0.717, 1.165) is 19.3 Å². The summed E-state index contributed by atoms with van der Waals surface area (Å²) in [5.41, 5.74) is 1.29. The molecule has 1 aliphatic rings. The summed E-state index contributed by atoms with van der Waals surface area (Å²) >= 11 is 5.82. The van der Waals surface area contributed by atoms with Crippen molar-refractivity contribution in [3.63, 3.8) is 0 Å². The van der Waals surface area contributed by atoms with Gasteiger partial charge in [-0.3, -0.25) is 4.79 Å². The van der Waals surface area contributed by atoms with Crippen LogP contribution in [0.25, 0.3) is 0 Å². The van der Waals surface area contributed by atoms with Gasteiger partial charge in [0, 0.05) is 23.8 Å². The molecule has 1 fully saturated rings. The van der Waals surface area contributed by atoms with Gasteiger partial charge in [0.2, 0.25) is 10.0 Å². The summed E-state index contributed by atoms with van der Waals surface area (Å²) in [7, 11) is -3.49. The Kier molecular flexibility index (Phi) is 6.59. The third-order valence-corrected chi connectivity index (χ3v) is 6.73. The van der Waals surface area contributed by atoms with Crippen LogP contribution in [0, 0.1) is 6.92 Å². The van der Waals surface area contributed by atoms with Gasteiger partial charge in [-0.15, -0.1) is 0 Å². The summed E-state index contributed by atoms with van der Waals surface area (Å²) in [5, 5.41) is 3.30. The van der Waals surface area contributed by atoms with Crippen LogP contribution in [0.1, 0.15) is 24.8 Å². The highest BCUT2D eigenvalue weighted by Crippen LogP contribution is 2.26. The Labute approximate surface area is 170 Å². The molecule has 0 radical (unpaired) electrons. The van der Waals surface area contributed by atoms with Crippen molar-refractivity contribution in [2.75, 3.05) is 25.0 Å². The molecule has 1 aliphatic heterocycles. The number of carbonyl (C=O) groups excluding carboxylic acids is 1. The highest BCUT2D eigenvalue weighted by atomic mass is 35.5. The maximum Gasteiger partial charge on any atom is 0.262 e. The zero-order chi connectivity index (χ0) is 20.1. The van der Waals surface area contributed by atoms with E-state index < -0.39 is 10.0 Å². The number of halogens is 1. The first-order valence-corrected chi connectivity index (χ1v) is 11.0. The molecule has 2 aromatic rings. The molecule has 1 N–H and O–H groups in total. The van der Waals surface area contributed by atoms with E-state index in [1.807, 2.05) is 0 Å². The summed E-state index contributed by atoms with van der Waals surface area (Å²) in [6, 6.07) is 11.5. The minimum absolute atomic E-state index is 0.179. The molecule has 28 heavy (non-hydrogen) atoms. The Morgan fingerprint density at radius 1 is 1.11 bits per heavy atom. The Morgan fingerprint density at radius 3 is 2.43 bits per heavy atom. The predicted octanol–water partition coefficient (Wildman–Crippen LogP) is 3.84. The Morgan fingerprint density at radius 2 is 1.79 bits per heavy atom. The van der Waals surface area contributed by atoms with Crippen LogP contribution in [0.3, 0.4) is 0 Å². The number of hydrogen-bond acceptors (Lipinski definition) is 4. The third kappa shape index (κ3) is 5.04. The summed E-state index contributed by atoms with van der Waals surface area (Å²) < 4.78 is 32.6. The number of carbonyl (C=O) groups is 1. The smallest absolute Gasteiger partial charge is 0.262 e. The van der Waals surface area contributed by atoms with Gasteiger partial charge in [-0.2, -0.15) is 4.31 Å². The molecular formula is C20H23ClN2O4S. The first kappa shape index (κ1) is 20.6. The molecule has 0 unspecified atom stereocenters. The van der Waals surface area contributed by atoms with E-state index in [2.05, 4.69) is 5.32 Å². The lowest BCUT2D eigenvalue weighted by Gasteiger charge is -2.26. The topological polar surface area (TPSA) is 75.7 Å². The highest BCUT2D eigenvalue weighted by Gasteiger charge is 2.26. The standard InChI is InChI=1S/C20H23ClN2O4S/c1-15-13-18(28(25,26)23-11-3-2-4-12-23)9-10-19(15)27-14-20(24)22-17-7-5-16(21)6-8-17/h5-10,13H,2-4,11-12,14H2,1H3,(H,22,24). The first-order chi connectivity index (χ1) is 13.4. The molecule has 3 rings (SSSR count). The molecule has 1 amide bonds. The molecule has 1 heterocycles. The number of hydrogen-bond donors (Lipinski definition) is 1. The van der Waals surface area contributed by atoms with Crippen molar-refractivity contribution in [3.8, 4) is 5.75 Å². The van der Waals surface area contributed by atoms with E-state index in [9.17, 15) is 13.2 Å². The SMILES string of the molecule is Cc1cc(S(=O)(=O)N2CCCCC2)ccc1OCC(=O)Nc1ccc(Cl)cc1. The van der Waals surface area contributed by atoms with Gasteiger partial charge in [-0.05, 0) is 67.8 Å². The zero-order valence-electron chi connectivity index (χ0n) is 15.7. The number of nitrogens with one attached hydrogen (secondary N) is 1. The van der Waals surface area contributed by atoms with Crippen molar-refractivity contribution in [3.05, 3.63) is 53.1 Å². The van der Waals surface area contributed by atoms with Crippen LogP contribution < -0.4 is 10.1 Å². The van der Waals surface area contributed by atoms with E-state index in [4.69, 9.17) is 16.3 Å². The quantitative estimate of drug-likeness (QED) is 0.767. The third-order valence-electron chi connectivity index (χ3n) is 4.59. The van der Waals surface area contributed by atoms with Crippen molar-refractivity contribution in [2.24, 2.45) is 0 Å². The van der Waals surface area contributed by atoms with Crippen LogP contribution in [0.5, 0.6) is 5.75 Å². The Balaban J connectivity index is 1.62. The van der Waals surface area contributed by atoms with E-state index in [1.165, 1.54) is 10.4 Å². The van der Waals surface area contributed by atoms with Crippen LogP contribution in [-0.4, -0.2) is 38.3 Å². The second-order valence-electron chi connectivity index (χ2n) is 6.74. The summed E-state index contributed by atoms with van der Waals surface area (Å²) in [6.07, 6.45) is 2.85. The van der Waals surface area contributed by atoms with Gasteiger partial charge in [0.15, 0.2) is 6.61 Å². The number of amides is 1. The van der Waals surface area contributed by atoms with Crippen LogP contribution >= 0.6 is 11.6 Å². The summed E-state index contributed by atoms with van der Waals surface area (Å²) in [4.78, 5) is 12.3. The van der Waals surface area contributed by atoms with Gasteiger partial charge in [-0.25, -0.2) is 8.42 Å². The average Bonchev–Trinajstić information content (AvgIpc) is 2.69. The number of ether oxygens (including phenoxy) is 1. The number of rotatable bonds is 6. The largest absolute Gasteiger partial charge is 0.483 e. The lowest BCUT2D eigenvalue weighted by Crippen LogP contribution is -2.35. The van der Waals surface area contributed by atoms with Crippen molar-refractivity contribution in [1.29, 1.82) is 0 Å². The number of nitrogens with zero attached hydrogens (tertiary/aromatic N) is 1. The summed E-state index contributed by atoms with van der Waals surface area (Å²) in [6.45, 7) is 2.71. The monoisotopic (exact) mass is 422 g/mol. The minimum Gasteiger partial charge on any atom is -0.483 e.